The van der Waals surface area contributed by atoms with Crippen LogP contribution in [0.15, 0.2) is 66.3 Å². The Morgan fingerprint density at radius 3 is 2.65 bits per heavy atom. The highest BCUT2D eigenvalue weighted by Gasteiger charge is 2.17. The van der Waals surface area contributed by atoms with Crippen LogP contribution in [0.5, 0.6) is 0 Å². The van der Waals surface area contributed by atoms with Crippen LogP contribution in [-0.4, -0.2) is 16.7 Å². The van der Waals surface area contributed by atoms with Crippen molar-refractivity contribution in [2.24, 2.45) is 10.9 Å². The average molecular weight is 414 g/mol. The average Bonchev–Trinajstić information content (AvgIpc) is 2.74. The molecule has 3 nitrogen and oxygen atoms in total. The number of nitrogens with zero attached hydrogens (tertiary/aromatic N) is 2. The fourth-order valence-electron chi connectivity index (χ4n) is 4.03. The first-order chi connectivity index (χ1) is 14.9. The Labute approximate surface area is 187 Å². The Bertz CT molecular complexity index is 1080. The standard InChI is InChI=1S/C28H35N3/c1-7-10-24(18-21(4)22(5)31-27-12-9-8-11-20(27)3)30-23(6)25-15-16-29-28-14-13-19(2)17-26(25)28/h8-9,11-17,21,24,30H,6-7,10,18H2,1-5H3/b31-22+/t21?,24-/m1/s1. The Morgan fingerprint density at radius 2 is 1.90 bits per heavy atom. The van der Waals surface area contributed by atoms with Crippen molar-refractivity contribution in [1.29, 1.82) is 0 Å². The highest BCUT2D eigenvalue weighted by atomic mass is 14.9. The second kappa shape index (κ2) is 10.4. The maximum Gasteiger partial charge on any atom is 0.0708 e. The fraction of sp³-hybridized carbons (Fsp3) is 0.357. The van der Waals surface area contributed by atoms with Gasteiger partial charge in [0.1, 0.15) is 0 Å². The number of hydrogen-bond acceptors (Lipinski definition) is 3. The van der Waals surface area contributed by atoms with Gasteiger partial charge in [-0.15, -0.1) is 0 Å². The van der Waals surface area contributed by atoms with Gasteiger partial charge in [-0.25, -0.2) is 0 Å². The first-order valence-electron chi connectivity index (χ1n) is 11.3. The largest absolute Gasteiger partial charge is 0.382 e. The number of fused-ring (bicyclic) bond motifs is 1. The highest BCUT2D eigenvalue weighted by Crippen LogP contribution is 2.25. The molecule has 0 amide bonds. The first kappa shape index (κ1) is 22.7. The van der Waals surface area contributed by atoms with E-state index in [0.29, 0.717) is 12.0 Å². The molecule has 1 aromatic heterocycles. The molecule has 0 aliphatic heterocycles. The number of aromatic nitrogens is 1. The zero-order chi connectivity index (χ0) is 22.4. The maximum absolute atomic E-state index is 4.92. The molecule has 162 valence electrons. The summed E-state index contributed by atoms with van der Waals surface area (Å²) in [5.41, 5.74) is 7.79. The second-order valence-electron chi connectivity index (χ2n) is 8.66. The van der Waals surface area contributed by atoms with E-state index in [4.69, 9.17) is 4.99 Å². The Balaban J connectivity index is 1.76. The zero-order valence-corrected chi connectivity index (χ0v) is 19.6. The summed E-state index contributed by atoms with van der Waals surface area (Å²) in [6.07, 6.45) is 5.12. The number of rotatable bonds is 9. The highest BCUT2D eigenvalue weighted by molar-refractivity contribution is 5.91. The third kappa shape index (κ3) is 5.81. The Hall–Kier alpha value is -2.94. The molecule has 1 N–H and O–H groups in total. The van der Waals surface area contributed by atoms with E-state index < -0.39 is 0 Å². The predicted octanol–water partition coefficient (Wildman–Crippen LogP) is 7.40. The van der Waals surface area contributed by atoms with Crippen LogP contribution in [-0.2, 0) is 0 Å². The van der Waals surface area contributed by atoms with Crippen LogP contribution in [0, 0.1) is 19.8 Å². The van der Waals surface area contributed by atoms with Crippen LogP contribution in [0.2, 0.25) is 0 Å². The van der Waals surface area contributed by atoms with Crippen molar-refractivity contribution in [2.75, 3.05) is 0 Å². The minimum atomic E-state index is 0.350. The van der Waals surface area contributed by atoms with Gasteiger partial charge in [-0.05, 0) is 69.4 Å². The molecular formula is C28H35N3. The van der Waals surface area contributed by atoms with E-state index in [1.165, 1.54) is 16.8 Å². The number of nitrogens with one attached hydrogen (secondary N) is 1. The molecule has 0 spiro atoms. The first-order valence-corrected chi connectivity index (χ1v) is 11.3. The van der Waals surface area contributed by atoms with E-state index in [1.807, 2.05) is 6.20 Å². The number of pyridine rings is 1. The molecule has 3 rings (SSSR count). The molecule has 0 saturated heterocycles. The van der Waals surface area contributed by atoms with Gasteiger partial charge in [-0.2, -0.15) is 0 Å². The van der Waals surface area contributed by atoms with Gasteiger partial charge >= 0.3 is 0 Å². The molecular weight excluding hydrogens is 378 g/mol. The van der Waals surface area contributed by atoms with Crippen molar-refractivity contribution >= 4 is 28.0 Å². The minimum Gasteiger partial charge on any atom is -0.382 e. The lowest BCUT2D eigenvalue weighted by atomic mass is 9.94. The second-order valence-corrected chi connectivity index (χ2v) is 8.66. The molecule has 2 aromatic carbocycles. The summed E-state index contributed by atoms with van der Waals surface area (Å²) in [6.45, 7) is 15.3. The van der Waals surface area contributed by atoms with Crippen LogP contribution in [0.25, 0.3) is 16.6 Å². The van der Waals surface area contributed by atoms with Gasteiger partial charge < -0.3 is 5.32 Å². The summed E-state index contributed by atoms with van der Waals surface area (Å²) in [5.74, 6) is 0.382. The fourth-order valence-corrected chi connectivity index (χ4v) is 4.03. The van der Waals surface area contributed by atoms with E-state index in [-0.39, 0.29) is 0 Å². The number of para-hydroxylation sites is 1. The van der Waals surface area contributed by atoms with Crippen molar-refractivity contribution in [2.45, 2.75) is 59.9 Å². The van der Waals surface area contributed by atoms with E-state index in [1.54, 1.807) is 0 Å². The van der Waals surface area contributed by atoms with Gasteiger partial charge in [0.2, 0.25) is 0 Å². The van der Waals surface area contributed by atoms with Crippen molar-refractivity contribution in [3.63, 3.8) is 0 Å². The third-order valence-corrected chi connectivity index (χ3v) is 6.00. The SMILES string of the molecule is C=C(N[C@H](CCC)CC(C)/C(C)=N/c1ccccc1C)c1ccnc2ccc(C)cc12. The molecule has 0 radical (unpaired) electrons. The monoisotopic (exact) mass is 413 g/mol. The molecule has 1 heterocycles. The Kier molecular flexibility index (Phi) is 7.62. The van der Waals surface area contributed by atoms with Gasteiger partial charge in [0.05, 0.1) is 11.2 Å². The van der Waals surface area contributed by atoms with Crippen LogP contribution in [0.1, 0.15) is 56.7 Å². The van der Waals surface area contributed by atoms with Crippen molar-refractivity contribution in [3.05, 3.63) is 78.0 Å². The van der Waals surface area contributed by atoms with E-state index >= 15 is 0 Å². The zero-order valence-electron chi connectivity index (χ0n) is 19.6. The number of hydrogen-bond donors (Lipinski definition) is 1. The molecule has 1 unspecified atom stereocenters. The molecule has 0 aliphatic rings. The summed E-state index contributed by atoms with van der Waals surface area (Å²) >= 11 is 0. The normalized spacial score (nSPS) is 13.8. The predicted molar refractivity (Wildman–Crippen MR) is 135 cm³/mol. The van der Waals surface area contributed by atoms with Crippen molar-refractivity contribution in [3.8, 4) is 0 Å². The smallest absolute Gasteiger partial charge is 0.0708 e. The summed E-state index contributed by atoms with van der Waals surface area (Å²) in [7, 11) is 0. The summed E-state index contributed by atoms with van der Waals surface area (Å²) < 4.78 is 0. The van der Waals surface area contributed by atoms with E-state index in [2.05, 4.69) is 100 Å². The Morgan fingerprint density at radius 1 is 1.13 bits per heavy atom. The molecule has 31 heavy (non-hydrogen) atoms. The number of aliphatic imine (C=N–C) groups is 1. The lowest BCUT2D eigenvalue weighted by Gasteiger charge is -2.25. The minimum absolute atomic E-state index is 0.350. The molecule has 0 aliphatic carbocycles. The van der Waals surface area contributed by atoms with Gasteiger partial charge in [-0.1, -0.05) is 56.7 Å². The summed E-state index contributed by atoms with van der Waals surface area (Å²) in [5, 5.41) is 4.88. The van der Waals surface area contributed by atoms with Gasteiger partial charge in [0.25, 0.3) is 0 Å². The van der Waals surface area contributed by atoms with E-state index in [9.17, 15) is 0 Å². The molecule has 0 bridgehead atoms. The molecule has 3 aromatic rings. The lowest BCUT2D eigenvalue weighted by molar-refractivity contribution is 0.469. The maximum atomic E-state index is 4.92. The molecule has 0 saturated carbocycles. The molecule has 2 atom stereocenters. The lowest BCUT2D eigenvalue weighted by Crippen LogP contribution is -2.30. The summed E-state index contributed by atoms with van der Waals surface area (Å²) in [4.78, 5) is 9.43. The quantitative estimate of drug-likeness (QED) is 0.371. The van der Waals surface area contributed by atoms with Gasteiger partial charge in [0.15, 0.2) is 0 Å². The number of benzene rings is 2. The van der Waals surface area contributed by atoms with Crippen LogP contribution in [0.4, 0.5) is 5.69 Å². The van der Waals surface area contributed by atoms with Crippen molar-refractivity contribution < 1.29 is 0 Å². The van der Waals surface area contributed by atoms with Crippen LogP contribution < -0.4 is 5.32 Å². The van der Waals surface area contributed by atoms with Crippen molar-refractivity contribution in [1.82, 2.24) is 10.3 Å². The summed E-state index contributed by atoms with van der Waals surface area (Å²) in [6, 6.07) is 17.1. The molecule has 3 heteroatoms. The number of aryl methyl sites for hydroxylation is 2. The topological polar surface area (TPSA) is 37.3 Å². The van der Waals surface area contributed by atoms with E-state index in [0.717, 1.165) is 47.1 Å². The van der Waals surface area contributed by atoms with Crippen LogP contribution >= 0.6 is 0 Å². The van der Waals surface area contributed by atoms with Gasteiger partial charge in [0, 0.05) is 34.6 Å². The molecule has 0 fully saturated rings. The third-order valence-electron chi connectivity index (χ3n) is 6.00. The van der Waals surface area contributed by atoms with Crippen LogP contribution in [0.3, 0.4) is 0 Å². The van der Waals surface area contributed by atoms with Gasteiger partial charge in [-0.3, -0.25) is 9.98 Å².